The van der Waals surface area contributed by atoms with Gasteiger partial charge in [0.05, 0.1) is 17.0 Å². The Bertz CT molecular complexity index is 460. The number of aliphatic hydroxyl groups excluding tert-OH is 1. The lowest BCUT2D eigenvalue weighted by Gasteiger charge is -2.08. The first-order valence-electron chi connectivity index (χ1n) is 6.16. The molecule has 1 aromatic rings. The Morgan fingerprint density at radius 3 is 3.11 bits per heavy atom. The molecule has 0 saturated heterocycles. The molecule has 0 aromatic carbocycles. The van der Waals surface area contributed by atoms with Gasteiger partial charge in [0.25, 0.3) is 5.91 Å². The van der Waals surface area contributed by atoms with Crippen LogP contribution in [-0.4, -0.2) is 35.7 Å². The molecule has 0 bridgehead atoms. The van der Waals surface area contributed by atoms with Crippen molar-refractivity contribution in [2.24, 2.45) is 0 Å². The Morgan fingerprint density at radius 1 is 1.63 bits per heavy atom. The number of amides is 1. The number of carbonyl (C=O) groups excluding carboxylic acids is 1. The largest absolute Gasteiger partial charge is 0.395 e. The first-order valence-corrected chi connectivity index (χ1v) is 8.33. The van der Waals surface area contributed by atoms with Crippen molar-refractivity contribution in [1.82, 2.24) is 5.32 Å². The van der Waals surface area contributed by atoms with Gasteiger partial charge in [0.15, 0.2) is 0 Å². The van der Waals surface area contributed by atoms with Crippen molar-refractivity contribution in [3.8, 4) is 11.8 Å². The Labute approximate surface area is 122 Å². The van der Waals surface area contributed by atoms with Crippen molar-refractivity contribution in [1.29, 1.82) is 0 Å². The summed E-state index contributed by atoms with van der Waals surface area (Å²) in [6, 6.07) is 1.79. The predicted octanol–water partition coefficient (Wildman–Crippen LogP) is 2.35. The Hall–Kier alpha value is -0.960. The van der Waals surface area contributed by atoms with E-state index in [1.807, 2.05) is 5.38 Å². The monoisotopic (exact) mass is 297 g/mol. The molecule has 1 aromatic heterocycles. The number of thioether (sulfide) groups is 1. The van der Waals surface area contributed by atoms with Crippen LogP contribution in [0.3, 0.4) is 0 Å². The van der Waals surface area contributed by atoms with Gasteiger partial charge < -0.3 is 10.4 Å². The molecule has 3 nitrogen and oxygen atoms in total. The van der Waals surface area contributed by atoms with Gasteiger partial charge >= 0.3 is 0 Å². The zero-order valence-electron chi connectivity index (χ0n) is 11.2. The molecule has 19 heavy (non-hydrogen) atoms. The zero-order valence-corrected chi connectivity index (χ0v) is 12.9. The minimum atomic E-state index is -0.0419. The van der Waals surface area contributed by atoms with Crippen LogP contribution in [0, 0.1) is 11.8 Å². The van der Waals surface area contributed by atoms with Gasteiger partial charge in [-0.25, -0.2) is 0 Å². The smallest absolute Gasteiger partial charge is 0.252 e. The van der Waals surface area contributed by atoms with E-state index in [2.05, 4.69) is 30.3 Å². The van der Waals surface area contributed by atoms with Crippen molar-refractivity contribution in [2.75, 3.05) is 19.4 Å². The van der Waals surface area contributed by atoms with E-state index in [1.54, 1.807) is 17.8 Å². The summed E-state index contributed by atoms with van der Waals surface area (Å²) in [6.07, 6.45) is 3.51. The zero-order chi connectivity index (χ0) is 14.1. The van der Waals surface area contributed by atoms with Crippen LogP contribution in [0.25, 0.3) is 0 Å². The van der Waals surface area contributed by atoms with Crippen LogP contribution >= 0.6 is 23.1 Å². The summed E-state index contributed by atoms with van der Waals surface area (Å²) in [5, 5.41) is 13.9. The molecule has 1 rings (SSSR count). The summed E-state index contributed by atoms with van der Waals surface area (Å²) in [5.41, 5.74) is 0.662. The number of thiophene rings is 1. The maximum Gasteiger partial charge on any atom is 0.252 e. The summed E-state index contributed by atoms with van der Waals surface area (Å²) in [4.78, 5) is 12.7. The van der Waals surface area contributed by atoms with Crippen molar-refractivity contribution in [2.45, 2.75) is 25.0 Å². The summed E-state index contributed by atoms with van der Waals surface area (Å²) in [5.74, 6) is 5.73. The highest BCUT2D eigenvalue weighted by molar-refractivity contribution is 7.99. The summed E-state index contributed by atoms with van der Waals surface area (Å²) < 4.78 is 0. The van der Waals surface area contributed by atoms with Gasteiger partial charge in [-0.05, 0) is 18.7 Å². The van der Waals surface area contributed by atoms with Crippen molar-refractivity contribution in [3.05, 3.63) is 21.9 Å². The molecule has 104 valence electrons. The minimum Gasteiger partial charge on any atom is -0.395 e. The number of carbonyl (C=O) groups is 1. The number of rotatable bonds is 6. The van der Waals surface area contributed by atoms with Gasteiger partial charge in [-0.1, -0.05) is 18.8 Å². The van der Waals surface area contributed by atoms with E-state index in [0.717, 1.165) is 11.3 Å². The van der Waals surface area contributed by atoms with Gasteiger partial charge in [0.1, 0.15) is 0 Å². The van der Waals surface area contributed by atoms with Gasteiger partial charge in [-0.3, -0.25) is 4.79 Å². The highest BCUT2D eigenvalue weighted by Gasteiger charge is 2.08. The number of aliphatic hydroxyl groups is 1. The highest BCUT2D eigenvalue weighted by atomic mass is 32.2. The van der Waals surface area contributed by atoms with Gasteiger partial charge in [0, 0.05) is 23.6 Å². The third-order valence-electron chi connectivity index (χ3n) is 2.55. The first-order chi connectivity index (χ1) is 9.17. The van der Waals surface area contributed by atoms with E-state index in [0.29, 0.717) is 23.8 Å². The molecule has 5 heteroatoms. The Balaban J connectivity index is 2.43. The van der Waals surface area contributed by atoms with Crippen LogP contribution in [0.4, 0.5) is 0 Å². The molecular formula is C14H19NO2S2. The van der Waals surface area contributed by atoms with Crippen LogP contribution in [0.15, 0.2) is 11.4 Å². The molecule has 0 radical (unpaired) electrons. The van der Waals surface area contributed by atoms with Crippen LogP contribution in [0.1, 0.15) is 35.0 Å². The van der Waals surface area contributed by atoms with E-state index in [4.69, 9.17) is 5.11 Å². The van der Waals surface area contributed by atoms with Crippen LogP contribution < -0.4 is 5.32 Å². The maximum atomic E-state index is 11.9. The average Bonchev–Trinajstić information content (AvgIpc) is 2.87. The molecule has 1 heterocycles. The van der Waals surface area contributed by atoms with Crippen LogP contribution in [0.2, 0.25) is 0 Å². The van der Waals surface area contributed by atoms with Gasteiger partial charge in [-0.15, -0.1) is 11.3 Å². The fourth-order valence-electron chi connectivity index (χ4n) is 1.34. The molecule has 0 aliphatic carbocycles. The van der Waals surface area contributed by atoms with E-state index >= 15 is 0 Å². The second kappa shape index (κ2) is 9.03. The van der Waals surface area contributed by atoms with Crippen LogP contribution in [0.5, 0.6) is 0 Å². The minimum absolute atomic E-state index is 0.0419. The summed E-state index contributed by atoms with van der Waals surface area (Å²) in [6.45, 7) is 2.91. The third-order valence-corrected chi connectivity index (χ3v) is 4.43. The number of nitrogens with one attached hydrogen (secondary N) is 1. The molecule has 0 fully saturated rings. The molecular weight excluding hydrogens is 278 g/mol. The fourth-order valence-corrected chi connectivity index (χ4v) is 2.44. The average molecular weight is 297 g/mol. The topological polar surface area (TPSA) is 49.3 Å². The van der Waals surface area contributed by atoms with Gasteiger partial charge in [0.2, 0.25) is 0 Å². The maximum absolute atomic E-state index is 11.9. The van der Waals surface area contributed by atoms with Crippen molar-refractivity contribution >= 4 is 29.0 Å². The lowest BCUT2D eigenvalue weighted by molar-refractivity contribution is 0.0954. The highest BCUT2D eigenvalue weighted by Crippen LogP contribution is 2.14. The Kier molecular flexibility index (Phi) is 7.65. The molecule has 1 amide bonds. The quantitative estimate of drug-likeness (QED) is 0.793. The number of hydrogen-bond acceptors (Lipinski definition) is 4. The SMILES string of the molecule is CSC(C)CCNC(=O)c1csc(C#CCCO)c1. The summed E-state index contributed by atoms with van der Waals surface area (Å²) in [7, 11) is 0. The standard InChI is InChI=1S/C14H19NO2S2/c1-11(18-2)6-7-15-14(17)12-9-13(19-10-12)5-3-4-8-16/h9-11,16H,4,6-8H2,1-2H3,(H,15,17). The first kappa shape index (κ1) is 16.1. The normalized spacial score (nSPS) is 11.5. The molecule has 0 aliphatic rings. The second-order valence-electron chi connectivity index (χ2n) is 4.07. The van der Waals surface area contributed by atoms with Crippen LogP contribution in [-0.2, 0) is 0 Å². The molecule has 0 aliphatic heterocycles. The van der Waals surface area contributed by atoms with E-state index in [9.17, 15) is 4.79 Å². The predicted molar refractivity (Wildman–Crippen MR) is 82.8 cm³/mol. The molecule has 2 N–H and O–H groups in total. The molecule has 0 spiro atoms. The molecule has 0 saturated carbocycles. The second-order valence-corrected chi connectivity index (χ2v) is 6.25. The third kappa shape index (κ3) is 6.15. The van der Waals surface area contributed by atoms with E-state index in [-0.39, 0.29) is 12.5 Å². The van der Waals surface area contributed by atoms with Crippen molar-refractivity contribution < 1.29 is 9.90 Å². The van der Waals surface area contributed by atoms with E-state index in [1.165, 1.54) is 11.3 Å². The van der Waals surface area contributed by atoms with Gasteiger partial charge in [-0.2, -0.15) is 11.8 Å². The Morgan fingerprint density at radius 2 is 2.42 bits per heavy atom. The lowest BCUT2D eigenvalue weighted by Crippen LogP contribution is -2.25. The fraction of sp³-hybridized carbons (Fsp3) is 0.500. The molecule has 1 atom stereocenters. The summed E-state index contributed by atoms with van der Waals surface area (Å²) >= 11 is 3.25. The lowest BCUT2D eigenvalue weighted by atomic mass is 10.2. The molecule has 1 unspecified atom stereocenters. The number of hydrogen-bond donors (Lipinski definition) is 2. The van der Waals surface area contributed by atoms with Crippen molar-refractivity contribution in [3.63, 3.8) is 0 Å². The van der Waals surface area contributed by atoms with E-state index < -0.39 is 0 Å².